The molecule has 2 heterocycles. The lowest BCUT2D eigenvalue weighted by atomic mass is 10.0. The van der Waals surface area contributed by atoms with Gasteiger partial charge >= 0.3 is 0 Å². The molecular formula is C20H32ClIN4O2. The third-order valence-corrected chi connectivity index (χ3v) is 5.75. The number of rotatable bonds is 6. The third-order valence-electron chi connectivity index (χ3n) is 5.40. The Morgan fingerprint density at radius 1 is 1.32 bits per heavy atom. The van der Waals surface area contributed by atoms with E-state index in [9.17, 15) is 0 Å². The molecule has 1 N–H and O–H groups in total. The van der Waals surface area contributed by atoms with Gasteiger partial charge in [0.05, 0.1) is 25.9 Å². The summed E-state index contributed by atoms with van der Waals surface area (Å²) in [5.74, 6) is 1.53. The van der Waals surface area contributed by atoms with Crippen molar-refractivity contribution < 1.29 is 9.47 Å². The second kappa shape index (κ2) is 12.2. The lowest BCUT2D eigenvalue weighted by Gasteiger charge is -2.36. The molecule has 1 aromatic rings. The summed E-state index contributed by atoms with van der Waals surface area (Å²) in [6, 6.07) is 8.32. The van der Waals surface area contributed by atoms with Crippen LogP contribution in [0.3, 0.4) is 0 Å². The molecule has 2 aliphatic rings. The van der Waals surface area contributed by atoms with Crippen molar-refractivity contribution in [2.45, 2.75) is 12.5 Å². The van der Waals surface area contributed by atoms with Gasteiger partial charge in [0.25, 0.3) is 0 Å². The van der Waals surface area contributed by atoms with E-state index in [1.165, 1.54) is 0 Å². The molecule has 2 unspecified atom stereocenters. The van der Waals surface area contributed by atoms with E-state index in [1.54, 1.807) is 7.11 Å². The maximum atomic E-state index is 6.53. The van der Waals surface area contributed by atoms with Crippen molar-refractivity contribution in [3.8, 4) is 0 Å². The summed E-state index contributed by atoms with van der Waals surface area (Å²) in [4.78, 5) is 9.29. The number of aliphatic imine (C=N–C) groups is 1. The zero-order chi connectivity index (χ0) is 19.1. The first-order valence-corrected chi connectivity index (χ1v) is 10.1. The summed E-state index contributed by atoms with van der Waals surface area (Å²) in [5.41, 5.74) is 1.16. The molecule has 0 bridgehead atoms. The minimum absolute atomic E-state index is 0. The van der Waals surface area contributed by atoms with Crippen LogP contribution in [0.4, 0.5) is 0 Å². The fourth-order valence-electron chi connectivity index (χ4n) is 3.99. The molecule has 0 aromatic heterocycles. The van der Waals surface area contributed by atoms with Gasteiger partial charge in [-0.3, -0.25) is 9.89 Å². The van der Waals surface area contributed by atoms with Crippen LogP contribution in [0.15, 0.2) is 29.3 Å². The highest BCUT2D eigenvalue weighted by Gasteiger charge is 2.28. The van der Waals surface area contributed by atoms with Crippen LogP contribution in [0.2, 0.25) is 5.02 Å². The molecule has 0 aliphatic carbocycles. The van der Waals surface area contributed by atoms with Crippen molar-refractivity contribution in [3.63, 3.8) is 0 Å². The summed E-state index contributed by atoms with van der Waals surface area (Å²) in [5, 5.41) is 4.40. The number of nitrogens with zero attached hydrogens (tertiary/aromatic N) is 3. The average molecular weight is 523 g/mol. The number of likely N-dealkylation sites (tertiary alicyclic amines) is 1. The van der Waals surface area contributed by atoms with Crippen LogP contribution >= 0.6 is 35.6 Å². The second-order valence-electron chi connectivity index (χ2n) is 7.17. The molecule has 0 saturated carbocycles. The molecule has 28 heavy (non-hydrogen) atoms. The van der Waals surface area contributed by atoms with Crippen LogP contribution in [0.1, 0.15) is 18.0 Å². The van der Waals surface area contributed by atoms with E-state index >= 15 is 0 Å². The average Bonchev–Trinajstić information content (AvgIpc) is 3.16. The van der Waals surface area contributed by atoms with Crippen molar-refractivity contribution in [2.75, 3.05) is 66.7 Å². The molecule has 3 rings (SSSR count). The minimum Gasteiger partial charge on any atom is -0.384 e. The molecule has 6 nitrogen and oxygen atoms in total. The zero-order valence-electron chi connectivity index (χ0n) is 16.8. The monoisotopic (exact) mass is 522 g/mol. The Morgan fingerprint density at radius 3 is 2.75 bits per heavy atom. The van der Waals surface area contributed by atoms with E-state index in [4.69, 9.17) is 21.1 Å². The molecule has 2 saturated heterocycles. The van der Waals surface area contributed by atoms with Crippen molar-refractivity contribution >= 4 is 41.5 Å². The summed E-state index contributed by atoms with van der Waals surface area (Å²) >= 11 is 6.53. The van der Waals surface area contributed by atoms with E-state index < -0.39 is 0 Å². The fraction of sp³-hybridized carbons (Fsp3) is 0.650. The van der Waals surface area contributed by atoms with Gasteiger partial charge in [0, 0.05) is 57.8 Å². The van der Waals surface area contributed by atoms with E-state index in [-0.39, 0.29) is 30.0 Å². The van der Waals surface area contributed by atoms with Gasteiger partial charge < -0.3 is 19.7 Å². The molecule has 2 aliphatic heterocycles. The van der Waals surface area contributed by atoms with Gasteiger partial charge in [-0.05, 0) is 18.1 Å². The minimum atomic E-state index is 0. The van der Waals surface area contributed by atoms with Gasteiger partial charge in [0.15, 0.2) is 5.96 Å². The predicted octanol–water partition coefficient (Wildman–Crippen LogP) is 2.88. The van der Waals surface area contributed by atoms with E-state index in [0.717, 1.165) is 75.5 Å². The van der Waals surface area contributed by atoms with Gasteiger partial charge in [0.2, 0.25) is 0 Å². The summed E-state index contributed by atoms with van der Waals surface area (Å²) in [6.45, 7) is 6.93. The molecule has 0 spiro atoms. The van der Waals surface area contributed by atoms with Crippen molar-refractivity contribution in [1.29, 1.82) is 0 Å². The SMILES string of the molecule is CN=C(NCC(c1ccccc1Cl)N1CCOCC1)N1CCC(COC)C1.I. The number of ether oxygens (including phenoxy) is 2. The van der Waals surface area contributed by atoms with Crippen LogP contribution in [0.5, 0.6) is 0 Å². The summed E-state index contributed by atoms with van der Waals surface area (Å²) < 4.78 is 10.9. The van der Waals surface area contributed by atoms with Crippen molar-refractivity contribution in [1.82, 2.24) is 15.1 Å². The number of morpholine rings is 1. The standard InChI is InChI=1S/C20H31ClN4O2.HI/c1-22-20(25-8-7-16(14-25)15-26-2)23-13-19(24-9-11-27-12-10-24)17-5-3-4-6-18(17)21;/h3-6,16,19H,7-15H2,1-2H3,(H,22,23);1H. The summed E-state index contributed by atoms with van der Waals surface area (Å²) in [7, 11) is 3.62. The van der Waals surface area contributed by atoms with Crippen LogP contribution in [-0.2, 0) is 9.47 Å². The molecule has 2 atom stereocenters. The second-order valence-corrected chi connectivity index (χ2v) is 7.58. The quantitative estimate of drug-likeness (QED) is 0.354. The Labute approximate surface area is 190 Å². The van der Waals surface area contributed by atoms with Crippen LogP contribution in [0.25, 0.3) is 0 Å². The molecular weight excluding hydrogens is 491 g/mol. The first-order valence-electron chi connectivity index (χ1n) is 9.73. The third kappa shape index (κ3) is 6.19. The molecule has 0 radical (unpaired) electrons. The highest BCUT2D eigenvalue weighted by atomic mass is 127. The highest BCUT2D eigenvalue weighted by molar-refractivity contribution is 14.0. The first-order chi connectivity index (χ1) is 13.2. The van der Waals surface area contributed by atoms with Crippen LogP contribution < -0.4 is 5.32 Å². The van der Waals surface area contributed by atoms with Gasteiger partial charge in [-0.2, -0.15) is 0 Å². The van der Waals surface area contributed by atoms with E-state index in [2.05, 4.69) is 32.2 Å². The van der Waals surface area contributed by atoms with Gasteiger partial charge in [-0.25, -0.2) is 0 Å². The van der Waals surface area contributed by atoms with Gasteiger partial charge in [0.1, 0.15) is 0 Å². The number of guanidine groups is 1. The fourth-order valence-corrected chi connectivity index (χ4v) is 4.25. The number of halogens is 2. The number of methoxy groups -OCH3 is 1. The molecule has 1 aromatic carbocycles. The molecule has 158 valence electrons. The molecule has 2 fully saturated rings. The Morgan fingerprint density at radius 2 is 2.07 bits per heavy atom. The first kappa shape index (κ1) is 23.7. The topological polar surface area (TPSA) is 49.3 Å². The smallest absolute Gasteiger partial charge is 0.193 e. The van der Waals surface area contributed by atoms with Crippen LogP contribution in [0, 0.1) is 5.92 Å². The highest BCUT2D eigenvalue weighted by Crippen LogP contribution is 2.28. The van der Waals surface area contributed by atoms with Crippen molar-refractivity contribution in [3.05, 3.63) is 34.9 Å². The normalized spacial score (nSPS) is 22.0. The molecule has 8 heteroatoms. The Balaban J connectivity index is 0.00000280. The molecule has 0 amide bonds. The number of benzene rings is 1. The number of nitrogens with one attached hydrogen (secondary N) is 1. The Hall–Kier alpha value is -0.610. The predicted molar refractivity (Wildman–Crippen MR) is 125 cm³/mol. The van der Waals surface area contributed by atoms with E-state index in [1.807, 2.05) is 19.2 Å². The van der Waals surface area contributed by atoms with Crippen LogP contribution in [-0.4, -0.2) is 82.5 Å². The Kier molecular flexibility index (Phi) is 10.3. The Bertz CT molecular complexity index is 628. The number of hydrogen-bond donors (Lipinski definition) is 1. The van der Waals surface area contributed by atoms with E-state index in [0.29, 0.717) is 5.92 Å². The number of hydrogen-bond acceptors (Lipinski definition) is 4. The maximum absolute atomic E-state index is 6.53. The summed E-state index contributed by atoms with van der Waals surface area (Å²) in [6.07, 6.45) is 1.14. The largest absolute Gasteiger partial charge is 0.384 e. The zero-order valence-corrected chi connectivity index (χ0v) is 19.9. The van der Waals surface area contributed by atoms with Gasteiger partial charge in [-0.15, -0.1) is 24.0 Å². The lowest BCUT2D eigenvalue weighted by Crippen LogP contribution is -2.47. The van der Waals surface area contributed by atoms with Gasteiger partial charge in [-0.1, -0.05) is 29.8 Å². The van der Waals surface area contributed by atoms with Crippen molar-refractivity contribution in [2.24, 2.45) is 10.9 Å². The maximum Gasteiger partial charge on any atom is 0.193 e. The lowest BCUT2D eigenvalue weighted by molar-refractivity contribution is 0.0169.